The number of rotatable bonds is 6. The molecule has 5 nitrogen and oxygen atoms in total. The summed E-state index contributed by atoms with van der Waals surface area (Å²) in [7, 11) is 0. The van der Waals surface area contributed by atoms with Crippen molar-refractivity contribution < 1.29 is 9.53 Å². The van der Waals surface area contributed by atoms with Gasteiger partial charge in [-0.2, -0.15) is 0 Å². The molecule has 19 heavy (non-hydrogen) atoms. The second-order valence-corrected chi connectivity index (χ2v) is 3.99. The summed E-state index contributed by atoms with van der Waals surface area (Å²) in [6.45, 7) is 0.592. The topological polar surface area (TPSA) is 77.2 Å². The number of nitrogens with zero attached hydrogens (tertiary/aromatic N) is 1. The van der Waals surface area contributed by atoms with Gasteiger partial charge in [0.2, 0.25) is 0 Å². The summed E-state index contributed by atoms with van der Waals surface area (Å²) in [6.07, 6.45) is 3.50. The lowest BCUT2D eigenvalue weighted by Gasteiger charge is -2.07. The van der Waals surface area contributed by atoms with Gasteiger partial charge >= 0.3 is 0 Å². The summed E-state index contributed by atoms with van der Waals surface area (Å²) in [5, 5.41) is 3.25. The SMILES string of the molecule is NC(=O)COc1ccc(CNc2cccnc2)cc1. The number of nitrogens with one attached hydrogen (secondary N) is 1. The molecular formula is C14H15N3O2. The highest BCUT2D eigenvalue weighted by molar-refractivity contribution is 5.75. The van der Waals surface area contributed by atoms with Gasteiger partial charge in [0.25, 0.3) is 5.91 Å². The van der Waals surface area contributed by atoms with Crippen molar-refractivity contribution in [1.29, 1.82) is 0 Å². The number of anilines is 1. The number of hydrogen-bond donors (Lipinski definition) is 2. The second kappa shape index (κ2) is 6.39. The zero-order valence-electron chi connectivity index (χ0n) is 10.4. The fraction of sp³-hybridized carbons (Fsp3) is 0.143. The Morgan fingerprint density at radius 3 is 2.68 bits per heavy atom. The van der Waals surface area contributed by atoms with Crippen LogP contribution in [0.2, 0.25) is 0 Å². The first-order valence-corrected chi connectivity index (χ1v) is 5.88. The minimum atomic E-state index is -0.484. The second-order valence-electron chi connectivity index (χ2n) is 3.99. The summed E-state index contributed by atoms with van der Waals surface area (Å²) in [5.74, 6) is 0.145. The van der Waals surface area contributed by atoms with Crippen LogP contribution >= 0.6 is 0 Å². The lowest BCUT2D eigenvalue weighted by molar-refractivity contribution is -0.119. The van der Waals surface area contributed by atoms with Crippen LogP contribution in [0.3, 0.4) is 0 Å². The van der Waals surface area contributed by atoms with E-state index in [1.54, 1.807) is 12.4 Å². The smallest absolute Gasteiger partial charge is 0.255 e. The molecule has 0 spiro atoms. The van der Waals surface area contributed by atoms with E-state index in [-0.39, 0.29) is 6.61 Å². The number of aromatic nitrogens is 1. The summed E-state index contributed by atoms with van der Waals surface area (Å²) < 4.78 is 5.18. The molecule has 1 aromatic carbocycles. The maximum absolute atomic E-state index is 10.6. The Morgan fingerprint density at radius 1 is 1.26 bits per heavy atom. The van der Waals surface area contributed by atoms with Gasteiger partial charge in [0, 0.05) is 18.9 Å². The minimum Gasteiger partial charge on any atom is -0.484 e. The zero-order chi connectivity index (χ0) is 13.5. The fourth-order valence-electron chi connectivity index (χ4n) is 1.53. The van der Waals surface area contributed by atoms with Gasteiger partial charge in [-0.1, -0.05) is 12.1 Å². The highest BCUT2D eigenvalue weighted by Crippen LogP contribution is 2.13. The largest absolute Gasteiger partial charge is 0.484 e. The van der Waals surface area contributed by atoms with Crippen LogP contribution in [-0.4, -0.2) is 17.5 Å². The summed E-state index contributed by atoms with van der Waals surface area (Å²) >= 11 is 0. The molecule has 0 aliphatic rings. The van der Waals surface area contributed by atoms with Crippen LogP contribution in [0.5, 0.6) is 5.75 Å². The molecule has 0 aliphatic carbocycles. The Hall–Kier alpha value is -2.56. The maximum atomic E-state index is 10.6. The lowest BCUT2D eigenvalue weighted by Crippen LogP contribution is -2.19. The Bertz CT molecular complexity index is 526. The van der Waals surface area contributed by atoms with E-state index in [0.29, 0.717) is 12.3 Å². The number of hydrogen-bond acceptors (Lipinski definition) is 4. The van der Waals surface area contributed by atoms with Gasteiger partial charge in [0.15, 0.2) is 6.61 Å². The van der Waals surface area contributed by atoms with Crippen molar-refractivity contribution in [2.45, 2.75) is 6.54 Å². The molecule has 0 fully saturated rings. The Labute approximate surface area is 111 Å². The highest BCUT2D eigenvalue weighted by atomic mass is 16.5. The van der Waals surface area contributed by atoms with E-state index < -0.39 is 5.91 Å². The number of primary amides is 1. The van der Waals surface area contributed by atoms with Crippen molar-refractivity contribution >= 4 is 11.6 Å². The van der Waals surface area contributed by atoms with Crippen LogP contribution in [0.25, 0.3) is 0 Å². The fourth-order valence-corrected chi connectivity index (χ4v) is 1.53. The molecule has 1 aromatic heterocycles. The number of amides is 1. The van der Waals surface area contributed by atoms with Gasteiger partial charge in [-0.25, -0.2) is 0 Å². The van der Waals surface area contributed by atoms with Crippen molar-refractivity contribution in [2.24, 2.45) is 5.73 Å². The van der Waals surface area contributed by atoms with E-state index in [2.05, 4.69) is 10.3 Å². The third kappa shape index (κ3) is 4.31. The number of pyridine rings is 1. The molecule has 98 valence electrons. The molecule has 1 heterocycles. The molecule has 1 amide bonds. The Morgan fingerprint density at radius 2 is 2.05 bits per heavy atom. The third-order valence-corrected chi connectivity index (χ3v) is 2.46. The summed E-state index contributed by atoms with van der Waals surface area (Å²) in [4.78, 5) is 14.6. The molecule has 0 radical (unpaired) electrons. The Kier molecular flexibility index (Phi) is 4.34. The van der Waals surface area contributed by atoms with Crippen molar-refractivity contribution in [3.63, 3.8) is 0 Å². The average molecular weight is 257 g/mol. The van der Waals surface area contributed by atoms with Crippen LogP contribution in [-0.2, 0) is 11.3 Å². The molecule has 0 saturated heterocycles. The molecule has 0 unspecified atom stereocenters. The zero-order valence-corrected chi connectivity index (χ0v) is 10.4. The molecule has 5 heteroatoms. The molecule has 2 rings (SSSR count). The van der Waals surface area contributed by atoms with Crippen LogP contribution in [0.4, 0.5) is 5.69 Å². The van der Waals surface area contributed by atoms with Crippen LogP contribution < -0.4 is 15.8 Å². The van der Waals surface area contributed by atoms with Crippen molar-refractivity contribution in [2.75, 3.05) is 11.9 Å². The number of ether oxygens (including phenoxy) is 1. The average Bonchev–Trinajstić information content (AvgIpc) is 2.45. The first-order chi connectivity index (χ1) is 9.24. The van der Waals surface area contributed by atoms with Gasteiger partial charge in [0.1, 0.15) is 5.75 Å². The van der Waals surface area contributed by atoms with Gasteiger partial charge in [0.05, 0.1) is 5.69 Å². The molecule has 0 saturated carbocycles. The van der Waals surface area contributed by atoms with E-state index in [1.165, 1.54) is 0 Å². The molecule has 0 aliphatic heterocycles. The van der Waals surface area contributed by atoms with E-state index in [1.807, 2.05) is 36.4 Å². The summed E-state index contributed by atoms with van der Waals surface area (Å²) in [5.41, 5.74) is 7.08. The van der Waals surface area contributed by atoms with Crippen LogP contribution in [0, 0.1) is 0 Å². The number of nitrogens with two attached hydrogens (primary N) is 1. The van der Waals surface area contributed by atoms with Crippen molar-refractivity contribution in [1.82, 2.24) is 4.98 Å². The first-order valence-electron chi connectivity index (χ1n) is 5.88. The molecular weight excluding hydrogens is 242 g/mol. The predicted octanol–water partition coefficient (Wildman–Crippen LogP) is 1.56. The number of carbonyl (C=O) groups excluding carboxylic acids is 1. The van der Waals surface area contributed by atoms with E-state index in [0.717, 1.165) is 11.3 Å². The van der Waals surface area contributed by atoms with Crippen molar-refractivity contribution in [3.8, 4) is 5.75 Å². The van der Waals surface area contributed by atoms with E-state index in [9.17, 15) is 4.79 Å². The first kappa shape index (κ1) is 12.9. The third-order valence-electron chi connectivity index (χ3n) is 2.46. The van der Waals surface area contributed by atoms with Gasteiger partial charge in [-0.15, -0.1) is 0 Å². The normalized spacial score (nSPS) is 9.89. The number of carbonyl (C=O) groups is 1. The highest BCUT2D eigenvalue weighted by Gasteiger charge is 1.98. The predicted molar refractivity (Wildman–Crippen MR) is 72.7 cm³/mol. The monoisotopic (exact) mass is 257 g/mol. The van der Waals surface area contributed by atoms with E-state index in [4.69, 9.17) is 10.5 Å². The minimum absolute atomic E-state index is 0.104. The quantitative estimate of drug-likeness (QED) is 0.823. The Balaban J connectivity index is 1.86. The molecule has 0 atom stereocenters. The molecule has 0 bridgehead atoms. The molecule has 2 aromatic rings. The van der Waals surface area contributed by atoms with Gasteiger partial charge in [-0.3, -0.25) is 9.78 Å². The van der Waals surface area contributed by atoms with Crippen LogP contribution in [0.1, 0.15) is 5.56 Å². The van der Waals surface area contributed by atoms with Crippen LogP contribution in [0.15, 0.2) is 48.8 Å². The van der Waals surface area contributed by atoms with Crippen molar-refractivity contribution in [3.05, 3.63) is 54.4 Å². The van der Waals surface area contributed by atoms with Gasteiger partial charge in [-0.05, 0) is 29.8 Å². The van der Waals surface area contributed by atoms with Gasteiger partial charge < -0.3 is 15.8 Å². The maximum Gasteiger partial charge on any atom is 0.255 e. The lowest BCUT2D eigenvalue weighted by atomic mass is 10.2. The van der Waals surface area contributed by atoms with E-state index >= 15 is 0 Å². The number of benzene rings is 1. The standard InChI is InChI=1S/C14H15N3O2/c15-14(18)10-19-13-5-3-11(4-6-13)8-17-12-2-1-7-16-9-12/h1-7,9,17H,8,10H2,(H2,15,18). The molecule has 3 N–H and O–H groups in total. The summed E-state index contributed by atoms with van der Waals surface area (Å²) in [6, 6.07) is 11.3.